The molecule has 2 aromatic carbocycles. The predicted molar refractivity (Wildman–Crippen MR) is 122 cm³/mol. The summed E-state index contributed by atoms with van der Waals surface area (Å²) < 4.78 is 27.6. The van der Waals surface area contributed by atoms with Gasteiger partial charge in [0, 0.05) is 36.1 Å². The van der Waals surface area contributed by atoms with Crippen LogP contribution in [0.3, 0.4) is 0 Å². The van der Waals surface area contributed by atoms with Gasteiger partial charge < -0.3 is 10.2 Å². The lowest BCUT2D eigenvalue weighted by molar-refractivity contribution is -0.387. The summed E-state index contributed by atoms with van der Waals surface area (Å²) in [5.74, 6) is -2.69. The highest BCUT2D eigenvalue weighted by Crippen LogP contribution is 2.32. The maximum absolute atomic E-state index is 14.1. The van der Waals surface area contributed by atoms with Crippen molar-refractivity contribution in [1.29, 1.82) is 0 Å². The van der Waals surface area contributed by atoms with E-state index in [9.17, 15) is 28.5 Å². The molecule has 4 rings (SSSR count). The molecule has 0 bridgehead atoms. The largest absolute Gasteiger partial charge is 0.338 e. The topological polar surface area (TPSA) is 105 Å². The third-order valence-corrected chi connectivity index (χ3v) is 6.79. The molecule has 1 fully saturated rings. The van der Waals surface area contributed by atoms with E-state index >= 15 is 0 Å². The first-order valence-corrected chi connectivity index (χ1v) is 11.4. The van der Waals surface area contributed by atoms with Crippen molar-refractivity contribution in [3.8, 4) is 0 Å². The fourth-order valence-electron chi connectivity index (χ4n) is 3.69. The second kappa shape index (κ2) is 9.82. The van der Waals surface area contributed by atoms with E-state index in [1.165, 1.54) is 35.6 Å². The number of halogens is 3. The van der Waals surface area contributed by atoms with Gasteiger partial charge in [0.25, 0.3) is 11.8 Å². The number of hydrogen-bond acceptors (Lipinski definition) is 6. The number of carbonyl (C=O) groups excluding carboxylic acids is 2. The maximum atomic E-state index is 14.1. The van der Waals surface area contributed by atoms with Crippen LogP contribution in [0.1, 0.15) is 44.6 Å². The molecule has 0 aliphatic carbocycles. The van der Waals surface area contributed by atoms with E-state index in [-0.39, 0.29) is 27.9 Å². The first kappa shape index (κ1) is 23.7. The van der Waals surface area contributed by atoms with Gasteiger partial charge in [-0.15, -0.1) is 11.3 Å². The van der Waals surface area contributed by atoms with E-state index in [2.05, 4.69) is 10.3 Å². The number of aromatic nitrogens is 1. The van der Waals surface area contributed by atoms with Crippen LogP contribution in [0.4, 0.5) is 20.2 Å². The van der Waals surface area contributed by atoms with Crippen LogP contribution in [0, 0.1) is 21.7 Å². The van der Waals surface area contributed by atoms with Crippen molar-refractivity contribution >= 4 is 46.1 Å². The van der Waals surface area contributed by atoms with Gasteiger partial charge in [0.05, 0.1) is 20.5 Å². The Morgan fingerprint density at radius 1 is 1.18 bits per heavy atom. The van der Waals surface area contributed by atoms with Crippen LogP contribution in [0.25, 0.3) is 0 Å². The Kier molecular flexibility index (Phi) is 6.85. The summed E-state index contributed by atoms with van der Waals surface area (Å²) in [6.45, 7) is 0.767. The van der Waals surface area contributed by atoms with Crippen LogP contribution in [0.2, 0.25) is 5.02 Å². The lowest BCUT2D eigenvalue weighted by Crippen LogP contribution is -2.38. The molecule has 1 aliphatic heterocycles. The fourth-order valence-corrected chi connectivity index (χ4v) is 4.91. The highest BCUT2D eigenvalue weighted by Gasteiger charge is 2.29. The van der Waals surface area contributed by atoms with Gasteiger partial charge in [0.1, 0.15) is 11.5 Å². The van der Waals surface area contributed by atoms with Crippen LogP contribution < -0.4 is 5.32 Å². The second-order valence-corrected chi connectivity index (χ2v) is 8.91. The highest BCUT2D eigenvalue weighted by molar-refractivity contribution is 7.10. The number of anilines is 1. The van der Waals surface area contributed by atoms with Crippen molar-refractivity contribution in [3.63, 3.8) is 0 Å². The average molecular weight is 507 g/mol. The number of thiazole rings is 1. The van der Waals surface area contributed by atoms with Crippen LogP contribution in [0.15, 0.2) is 41.8 Å². The first-order chi connectivity index (χ1) is 16.2. The Hall–Kier alpha value is -3.44. The summed E-state index contributed by atoms with van der Waals surface area (Å²) in [7, 11) is 0. The monoisotopic (exact) mass is 506 g/mol. The number of nitro benzene ring substituents is 1. The molecule has 1 aromatic heterocycles. The molecule has 2 heterocycles. The molecule has 0 radical (unpaired) electrons. The lowest BCUT2D eigenvalue weighted by atomic mass is 9.97. The number of nitrogens with one attached hydrogen (secondary N) is 1. The summed E-state index contributed by atoms with van der Waals surface area (Å²) in [5, 5.41) is 15.7. The molecule has 176 valence electrons. The molecule has 0 spiro atoms. The molecule has 34 heavy (non-hydrogen) atoms. The van der Waals surface area contributed by atoms with Gasteiger partial charge in [-0.1, -0.05) is 17.7 Å². The number of likely N-dealkylation sites (tertiary alicyclic amines) is 1. The predicted octanol–water partition coefficient (Wildman–Crippen LogP) is 5.26. The Bertz CT molecular complexity index is 1260. The molecule has 0 atom stereocenters. The third-order valence-electron chi connectivity index (χ3n) is 5.46. The van der Waals surface area contributed by atoms with E-state index in [4.69, 9.17) is 11.6 Å². The average Bonchev–Trinajstić information content (AvgIpc) is 3.30. The maximum Gasteiger partial charge on any atom is 0.306 e. The van der Waals surface area contributed by atoms with Gasteiger partial charge in [-0.2, -0.15) is 4.39 Å². The van der Waals surface area contributed by atoms with Gasteiger partial charge in [0.15, 0.2) is 0 Å². The zero-order valence-electron chi connectivity index (χ0n) is 17.5. The first-order valence-electron chi connectivity index (χ1n) is 10.2. The van der Waals surface area contributed by atoms with E-state index < -0.39 is 34.1 Å². The minimum absolute atomic E-state index is 0.0126. The zero-order valence-corrected chi connectivity index (χ0v) is 19.0. The number of benzene rings is 2. The van der Waals surface area contributed by atoms with Gasteiger partial charge in [-0.25, -0.2) is 9.37 Å². The Balaban J connectivity index is 1.39. The molecular weight excluding hydrogens is 490 g/mol. The Morgan fingerprint density at radius 3 is 2.59 bits per heavy atom. The normalized spacial score (nSPS) is 14.1. The van der Waals surface area contributed by atoms with Crippen molar-refractivity contribution < 1.29 is 23.3 Å². The number of carbonyl (C=O) groups is 2. The lowest BCUT2D eigenvalue weighted by Gasteiger charge is -2.31. The van der Waals surface area contributed by atoms with Gasteiger partial charge in [-0.3, -0.25) is 19.7 Å². The summed E-state index contributed by atoms with van der Waals surface area (Å²) in [4.78, 5) is 41.1. The smallest absolute Gasteiger partial charge is 0.306 e. The molecule has 3 aromatic rings. The van der Waals surface area contributed by atoms with Crippen molar-refractivity contribution in [3.05, 3.63) is 84.8 Å². The molecule has 12 heteroatoms. The summed E-state index contributed by atoms with van der Waals surface area (Å²) in [6, 6.07) is 7.17. The molecule has 0 unspecified atom stereocenters. The third kappa shape index (κ3) is 4.90. The van der Waals surface area contributed by atoms with Crippen molar-refractivity contribution in [1.82, 2.24) is 9.88 Å². The SMILES string of the molecule is O=C(Nc1ccc(F)c([N+](=O)[O-])c1)c1csc(C2CCN(C(=O)c3c(F)cccc3Cl)CC2)n1. The van der Waals surface area contributed by atoms with E-state index in [1.54, 1.807) is 10.3 Å². The van der Waals surface area contributed by atoms with Gasteiger partial charge in [-0.05, 0) is 37.1 Å². The van der Waals surface area contributed by atoms with E-state index in [0.717, 1.165) is 12.1 Å². The number of amides is 2. The van der Waals surface area contributed by atoms with Crippen molar-refractivity contribution in [2.75, 3.05) is 18.4 Å². The summed E-state index contributed by atoms with van der Waals surface area (Å²) >= 11 is 7.30. The number of hydrogen-bond donors (Lipinski definition) is 1. The number of nitro groups is 1. The van der Waals surface area contributed by atoms with Crippen LogP contribution in [-0.2, 0) is 0 Å². The minimum atomic E-state index is -0.999. The molecule has 0 saturated carbocycles. The number of piperidine rings is 1. The Morgan fingerprint density at radius 2 is 1.91 bits per heavy atom. The minimum Gasteiger partial charge on any atom is -0.338 e. The standard InChI is InChI=1S/C22H17ClF2N4O4S/c23-14-2-1-3-16(25)19(14)22(31)28-8-6-12(7-9-28)21-27-17(11-34-21)20(30)26-13-4-5-15(24)18(10-13)29(32)33/h1-5,10-12H,6-9H2,(H,26,30). The number of nitrogens with zero attached hydrogens (tertiary/aromatic N) is 3. The molecule has 1 aliphatic rings. The second-order valence-electron chi connectivity index (χ2n) is 7.61. The molecule has 8 nitrogen and oxygen atoms in total. The molecule has 2 amide bonds. The Labute approximate surface area is 201 Å². The zero-order chi connectivity index (χ0) is 24.4. The van der Waals surface area contributed by atoms with Crippen LogP contribution in [-0.4, -0.2) is 39.7 Å². The van der Waals surface area contributed by atoms with Crippen molar-refractivity contribution in [2.45, 2.75) is 18.8 Å². The molecular formula is C22H17ClF2N4O4S. The van der Waals surface area contributed by atoms with Gasteiger partial charge in [0.2, 0.25) is 5.82 Å². The summed E-state index contributed by atoms with van der Waals surface area (Å²) in [5.41, 5.74) is -0.679. The van der Waals surface area contributed by atoms with Crippen LogP contribution >= 0.6 is 22.9 Å². The number of rotatable bonds is 5. The van der Waals surface area contributed by atoms with E-state index in [0.29, 0.717) is 30.9 Å². The van der Waals surface area contributed by atoms with Gasteiger partial charge >= 0.3 is 5.69 Å². The van der Waals surface area contributed by atoms with Crippen molar-refractivity contribution in [2.24, 2.45) is 0 Å². The summed E-state index contributed by atoms with van der Waals surface area (Å²) in [6.07, 6.45) is 1.16. The fraction of sp³-hybridized carbons (Fsp3) is 0.227. The van der Waals surface area contributed by atoms with E-state index in [1.807, 2.05) is 0 Å². The molecule has 1 saturated heterocycles. The highest BCUT2D eigenvalue weighted by atomic mass is 35.5. The van der Waals surface area contributed by atoms with Crippen LogP contribution in [0.5, 0.6) is 0 Å². The molecule has 1 N–H and O–H groups in total. The quantitative estimate of drug-likeness (QED) is 0.375.